The monoisotopic (exact) mass is 261 g/mol. The maximum absolute atomic E-state index is 10.8. The van der Waals surface area contributed by atoms with E-state index < -0.39 is 5.97 Å². The highest BCUT2D eigenvalue weighted by Crippen LogP contribution is 2.35. The lowest BCUT2D eigenvalue weighted by Gasteiger charge is -2.10. The molecule has 2 aromatic rings. The number of nitrogen functional groups attached to an aromatic ring is 1. The molecular weight excluding hydrogens is 250 g/mol. The lowest BCUT2D eigenvalue weighted by molar-refractivity contribution is 0.0697. The molecule has 2 rings (SSSR count). The first-order valence-electron chi connectivity index (χ1n) is 5.30. The zero-order valence-electron chi connectivity index (χ0n) is 9.70. The molecule has 0 aliphatic heterocycles. The molecule has 0 heterocycles. The molecule has 0 spiro atoms. The average Bonchev–Trinajstić information content (AvgIpc) is 2.34. The molecule has 0 unspecified atom stereocenters. The van der Waals surface area contributed by atoms with Crippen LogP contribution in [0, 0.1) is 0 Å². The van der Waals surface area contributed by atoms with Gasteiger partial charge in [0, 0.05) is 6.07 Å². The predicted molar refractivity (Wildman–Crippen MR) is 67.7 cm³/mol. The van der Waals surface area contributed by atoms with Crippen LogP contribution < -0.4 is 10.5 Å². The minimum atomic E-state index is -1.09. The van der Waals surface area contributed by atoms with Crippen molar-refractivity contribution < 1.29 is 24.9 Å². The van der Waals surface area contributed by atoms with Crippen molar-refractivity contribution in [1.29, 1.82) is 0 Å². The molecule has 0 amide bonds. The van der Waals surface area contributed by atoms with E-state index in [1.807, 2.05) is 0 Å². The smallest absolute Gasteiger partial charge is 0.335 e. The van der Waals surface area contributed by atoms with Gasteiger partial charge in [0.25, 0.3) is 0 Å². The van der Waals surface area contributed by atoms with Gasteiger partial charge < -0.3 is 25.8 Å². The minimum Gasteiger partial charge on any atom is -0.508 e. The van der Waals surface area contributed by atoms with Crippen LogP contribution >= 0.6 is 0 Å². The fourth-order valence-electron chi connectivity index (χ4n) is 1.48. The SMILES string of the molecule is Nc1cc(C(=O)O)ccc1Oc1ccc(O)cc1O. The van der Waals surface area contributed by atoms with Crippen LogP contribution in [-0.4, -0.2) is 21.3 Å². The Bertz CT molecular complexity index is 639. The number of aromatic hydroxyl groups is 2. The van der Waals surface area contributed by atoms with Gasteiger partial charge in [-0.1, -0.05) is 0 Å². The molecule has 0 atom stereocenters. The van der Waals surface area contributed by atoms with E-state index >= 15 is 0 Å². The summed E-state index contributed by atoms with van der Waals surface area (Å²) in [6.07, 6.45) is 0. The largest absolute Gasteiger partial charge is 0.508 e. The summed E-state index contributed by atoms with van der Waals surface area (Å²) in [6.45, 7) is 0. The highest BCUT2D eigenvalue weighted by atomic mass is 16.5. The van der Waals surface area contributed by atoms with Gasteiger partial charge >= 0.3 is 5.97 Å². The second-order valence-corrected chi connectivity index (χ2v) is 3.81. The van der Waals surface area contributed by atoms with E-state index in [0.717, 1.165) is 6.07 Å². The van der Waals surface area contributed by atoms with E-state index in [1.54, 1.807) is 0 Å². The number of rotatable bonds is 3. The summed E-state index contributed by atoms with van der Waals surface area (Å²) < 4.78 is 5.35. The summed E-state index contributed by atoms with van der Waals surface area (Å²) in [5.41, 5.74) is 5.84. The summed E-state index contributed by atoms with van der Waals surface area (Å²) in [4.78, 5) is 10.8. The number of carboxylic acids is 1. The molecule has 6 heteroatoms. The second kappa shape index (κ2) is 4.77. The topological polar surface area (TPSA) is 113 Å². The lowest BCUT2D eigenvalue weighted by Crippen LogP contribution is -1.99. The summed E-state index contributed by atoms with van der Waals surface area (Å²) in [7, 11) is 0. The highest BCUT2D eigenvalue weighted by molar-refractivity contribution is 5.89. The normalized spacial score (nSPS) is 10.1. The van der Waals surface area contributed by atoms with E-state index in [9.17, 15) is 9.90 Å². The van der Waals surface area contributed by atoms with E-state index in [4.69, 9.17) is 20.7 Å². The van der Waals surface area contributed by atoms with Crippen molar-refractivity contribution >= 4 is 11.7 Å². The fourth-order valence-corrected chi connectivity index (χ4v) is 1.48. The third-order valence-electron chi connectivity index (χ3n) is 2.42. The van der Waals surface area contributed by atoms with Crippen LogP contribution in [0.15, 0.2) is 36.4 Å². The third-order valence-corrected chi connectivity index (χ3v) is 2.42. The Labute approximate surface area is 108 Å². The Morgan fingerprint density at radius 2 is 1.74 bits per heavy atom. The number of phenolic OH excluding ortho intramolecular Hbond substituents is 2. The number of hydrogen-bond donors (Lipinski definition) is 4. The number of ether oxygens (including phenoxy) is 1. The Hall–Kier alpha value is -2.89. The van der Waals surface area contributed by atoms with Gasteiger partial charge in [-0.25, -0.2) is 4.79 Å². The fraction of sp³-hybridized carbons (Fsp3) is 0. The lowest BCUT2D eigenvalue weighted by atomic mass is 10.2. The van der Waals surface area contributed by atoms with Crippen molar-refractivity contribution in [2.45, 2.75) is 0 Å². The second-order valence-electron chi connectivity index (χ2n) is 3.81. The number of hydrogen-bond acceptors (Lipinski definition) is 5. The molecule has 98 valence electrons. The first kappa shape index (κ1) is 12.6. The molecule has 0 radical (unpaired) electrons. The molecule has 19 heavy (non-hydrogen) atoms. The maximum atomic E-state index is 10.8. The van der Waals surface area contributed by atoms with Crippen molar-refractivity contribution in [3.8, 4) is 23.0 Å². The zero-order chi connectivity index (χ0) is 14.0. The highest BCUT2D eigenvalue weighted by Gasteiger charge is 2.10. The molecule has 5 N–H and O–H groups in total. The summed E-state index contributed by atoms with van der Waals surface area (Å²) in [5, 5.41) is 27.5. The molecular formula is C13H11NO5. The van der Waals surface area contributed by atoms with E-state index in [0.29, 0.717) is 0 Å². The minimum absolute atomic E-state index is 0.0415. The van der Waals surface area contributed by atoms with Gasteiger partial charge in [0.1, 0.15) is 5.75 Å². The van der Waals surface area contributed by atoms with Crippen molar-refractivity contribution in [3.05, 3.63) is 42.0 Å². The Morgan fingerprint density at radius 3 is 2.32 bits per heavy atom. The number of carbonyl (C=O) groups is 1. The summed E-state index contributed by atoms with van der Waals surface area (Å²) >= 11 is 0. The van der Waals surface area contributed by atoms with E-state index in [2.05, 4.69) is 0 Å². The quantitative estimate of drug-likeness (QED) is 0.630. The number of carboxylic acid groups (broad SMARTS) is 1. The molecule has 0 saturated carbocycles. The molecule has 0 bridgehead atoms. The van der Waals surface area contributed by atoms with Gasteiger partial charge in [-0.05, 0) is 30.3 Å². The van der Waals surface area contributed by atoms with Gasteiger partial charge in [-0.3, -0.25) is 0 Å². The number of aromatic carboxylic acids is 1. The standard InChI is InChI=1S/C13H11NO5/c14-9-5-7(13(17)18)1-3-11(9)19-12-4-2-8(15)6-10(12)16/h1-6,15-16H,14H2,(H,17,18). The molecule has 0 saturated heterocycles. The van der Waals surface area contributed by atoms with Crippen LogP contribution in [0.4, 0.5) is 5.69 Å². The van der Waals surface area contributed by atoms with Gasteiger partial charge in [-0.2, -0.15) is 0 Å². The molecule has 0 fully saturated rings. The maximum Gasteiger partial charge on any atom is 0.335 e. The van der Waals surface area contributed by atoms with Crippen LogP contribution in [0.1, 0.15) is 10.4 Å². The number of phenols is 2. The molecule has 0 aromatic heterocycles. The zero-order valence-corrected chi connectivity index (χ0v) is 9.70. The molecule has 2 aromatic carbocycles. The first-order chi connectivity index (χ1) is 8.97. The number of benzene rings is 2. The molecule has 0 aliphatic carbocycles. The van der Waals surface area contributed by atoms with Gasteiger partial charge in [0.15, 0.2) is 17.2 Å². The van der Waals surface area contributed by atoms with Crippen molar-refractivity contribution in [2.75, 3.05) is 5.73 Å². The van der Waals surface area contributed by atoms with Gasteiger partial charge in [0.2, 0.25) is 0 Å². The number of nitrogens with two attached hydrogens (primary N) is 1. The number of anilines is 1. The van der Waals surface area contributed by atoms with Crippen molar-refractivity contribution in [2.24, 2.45) is 0 Å². The van der Waals surface area contributed by atoms with Crippen LogP contribution in [0.3, 0.4) is 0 Å². The van der Waals surface area contributed by atoms with Crippen molar-refractivity contribution in [3.63, 3.8) is 0 Å². The van der Waals surface area contributed by atoms with Crippen LogP contribution in [0.25, 0.3) is 0 Å². The van der Waals surface area contributed by atoms with E-state index in [1.165, 1.54) is 30.3 Å². The van der Waals surface area contributed by atoms with Crippen LogP contribution in [0.5, 0.6) is 23.0 Å². The predicted octanol–water partition coefficient (Wildman–Crippen LogP) is 2.17. The Kier molecular flexibility index (Phi) is 3.15. The summed E-state index contributed by atoms with van der Waals surface area (Å²) in [5.74, 6) is -1.12. The van der Waals surface area contributed by atoms with Crippen LogP contribution in [-0.2, 0) is 0 Å². The van der Waals surface area contributed by atoms with Crippen LogP contribution in [0.2, 0.25) is 0 Å². The van der Waals surface area contributed by atoms with Gasteiger partial charge in [-0.15, -0.1) is 0 Å². The molecule has 0 aliphatic rings. The Balaban J connectivity index is 2.31. The van der Waals surface area contributed by atoms with Gasteiger partial charge in [0.05, 0.1) is 11.3 Å². The Morgan fingerprint density at radius 1 is 1.05 bits per heavy atom. The summed E-state index contributed by atoms with van der Waals surface area (Å²) in [6, 6.07) is 7.83. The van der Waals surface area contributed by atoms with Crippen molar-refractivity contribution in [1.82, 2.24) is 0 Å². The molecule has 6 nitrogen and oxygen atoms in total. The third kappa shape index (κ3) is 2.68. The first-order valence-corrected chi connectivity index (χ1v) is 5.30. The van der Waals surface area contributed by atoms with E-state index in [-0.39, 0.29) is 34.2 Å². The average molecular weight is 261 g/mol.